The van der Waals surface area contributed by atoms with E-state index in [1.54, 1.807) is 12.1 Å². The average Bonchev–Trinajstić information content (AvgIpc) is 3.27. The van der Waals surface area contributed by atoms with Gasteiger partial charge in [0.05, 0.1) is 11.4 Å². The van der Waals surface area contributed by atoms with Crippen LogP contribution < -0.4 is 4.90 Å². The largest absolute Gasteiger partial charge is 0.366 e. The summed E-state index contributed by atoms with van der Waals surface area (Å²) in [4.78, 5) is 21.9. The number of hydrogen-bond acceptors (Lipinski definition) is 3. The van der Waals surface area contributed by atoms with Crippen molar-refractivity contribution in [1.82, 2.24) is 14.3 Å². The van der Waals surface area contributed by atoms with E-state index in [4.69, 9.17) is 0 Å². The van der Waals surface area contributed by atoms with Crippen LogP contribution in [0, 0.1) is 12.7 Å². The van der Waals surface area contributed by atoms with Crippen molar-refractivity contribution in [2.75, 3.05) is 31.1 Å². The first-order chi connectivity index (χ1) is 16.1. The number of aromatic nitrogens is 2. The first-order valence-corrected chi connectivity index (χ1v) is 11.4. The lowest BCUT2D eigenvalue weighted by atomic mass is 9.89. The van der Waals surface area contributed by atoms with E-state index in [9.17, 15) is 9.18 Å². The second-order valence-electron chi connectivity index (χ2n) is 8.54. The molecule has 0 radical (unpaired) electrons. The lowest BCUT2D eigenvalue weighted by Crippen LogP contribution is -2.49. The van der Waals surface area contributed by atoms with Crippen LogP contribution in [0.15, 0.2) is 79.1 Å². The molecule has 33 heavy (non-hydrogen) atoms. The number of carbonyl (C=O) groups is 1. The van der Waals surface area contributed by atoms with E-state index in [2.05, 4.69) is 28.4 Å². The van der Waals surface area contributed by atoms with E-state index in [-0.39, 0.29) is 17.6 Å². The maximum Gasteiger partial charge on any atom is 0.223 e. The molecule has 2 aromatic heterocycles. The van der Waals surface area contributed by atoms with Crippen molar-refractivity contribution in [2.24, 2.45) is 0 Å². The third kappa shape index (κ3) is 4.21. The Balaban J connectivity index is 1.37. The van der Waals surface area contributed by atoms with E-state index in [1.165, 1.54) is 6.07 Å². The highest BCUT2D eigenvalue weighted by molar-refractivity contribution is 5.78. The number of anilines is 1. The number of imidazole rings is 1. The van der Waals surface area contributed by atoms with Crippen LogP contribution in [0.2, 0.25) is 0 Å². The molecule has 0 N–H and O–H groups in total. The summed E-state index contributed by atoms with van der Waals surface area (Å²) in [6.07, 6.45) is 4.25. The van der Waals surface area contributed by atoms with Crippen molar-refractivity contribution < 1.29 is 9.18 Å². The number of rotatable bonds is 5. The first kappa shape index (κ1) is 21.2. The molecule has 1 aliphatic heterocycles. The van der Waals surface area contributed by atoms with Crippen LogP contribution >= 0.6 is 0 Å². The van der Waals surface area contributed by atoms with Crippen LogP contribution in [0.4, 0.5) is 10.1 Å². The third-order valence-electron chi connectivity index (χ3n) is 6.57. The van der Waals surface area contributed by atoms with Crippen molar-refractivity contribution in [3.05, 3.63) is 102 Å². The van der Waals surface area contributed by atoms with E-state index < -0.39 is 0 Å². The molecule has 3 heterocycles. The van der Waals surface area contributed by atoms with Gasteiger partial charge in [-0.1, -0.05) is 42.5 Å². The van der Waals surface area contributed by atoms with Gasteiger partial charge in [0.1, 0.15) is 11.5 Å². The van der Waals surface area contributed by atoms with Gasteiger partial charge < -0.3 is 14.2 Å². The summed E-state index contributed by atoms with van der Waals surface area (Å²) in [7, 11) is 0. The van der Waals surface area contributed by atoms with Gasteiger partial charge in [0.2, 0.25) is 5.91 Å². The topological polar surface area (TPSA) is 40.9 Å². The Morgan fingerprint density at radius 3 is 2.48 bits per heavy atom. The standard InChI is InChI=1S/C27H27FN4O/c1-20-8-2-3-9-21(20)22(25-19-29-26-12-6-7-13-32(25)26)18-27(33)31-16-14-30(15-17-31)24-11-5-4-10-23(24)28/h2-13,19,22H,14-18H2,1H3. The molecular weight excluding hydrogens is 415 g/mol. The van der Waals surface area contributed by atoms with Crippen LogP contribution in [-0.2, 0) is 4.79 Å². The quantitative estimate of drug-likeness (QED) is 0.452. The number of para-hydroxylation sites is 1. The zero-order chi connectivity index (χ0) is 22.8. The minimum atomic E-state index is -0.218. The van der Waals surface area contributed by atoms with Crippen LogP contribution in [0.25, 0.3) is 5.65 Å². The number of piperazine rings is 1. The van der Waals surface area contributed by atoms with Crippen molar-refractivity contribution >= 4 is 17.2 Å². The maximum absolute atomic E-state index is 14.2. The number of benzene rings is 2. The van der Waals surface area contributed by atoms with E-state index in [0.29, 0.717) is 38.3 Å². The number of aryl methyl sites for hydroxylation is 1. The number of nitrogens with zero attached hydrogens (tertiary/aromatic N) is 4. The zero-order valence-electron chi connectivity index (χ0n) is 18.7. The minimum absolute atomic E-state index is 0.0966. The van der Waals surface area contributed by atoms with Crippen molar-refractivity contribution in [3.63, 3.8) is 0 Å². The van der Waals surface area contributed by atoms with Gasteiger partial charge in [-0.05, 0) is 42.3 Å². The zero-order valence-corrected chi connectivity index (χ0v) is 18.7. The molecular formula is C27H27FN4O. The van der Waals surface area contributed by atoms with Crippen LogP contribution in [0.5, 0.6) is 0 Å². The van der Waals surface area contributed by atoms with Gasteiger partial charge >= 0.3 is 0 Å². The van der Waals surface area contributed by atoms with Gasteiger partial charge in [0.25, 0.3) is 0 Å². The number of fused-ring (bicyclic) bond motifs is 1. The fourth-order valence-corrected chi connectivity index (χ4v) is 4.77. The molecule has 5 nitrogen and oxygen atoms in total. The van der Waals surface area contributed by atoms with Gasteiger partial charge in [-0.3, -0.25) is 4.79 Å². The molecule has 0 saturated carbocycles. The summed E-state index contributed by atoms with van der Waals surface area (Å²) < 4.78 is 16.3. The van der Waals surface area contributed by atoms with Crippen LogP contribution in [0.1, 0.15) is 29.2 Å². The average molecular weight is 443 g/mol. The highest BCUT2D eigenvalue weighted by Crippen LogP contribution is 2.32. The van der Waals surface area contributed by atoms with E-state index in [1.807, 2.05) is 58.6 Å². The summed E-state index contributed by atoms with van der Waals surface area (Å²) in [5.41, 5.74) is 4.79. The second kappa shape index (κ2) is 9.06. The van der Waals surface area contributed by atoms with Gasteiger partial charge in [-0.15, -0.1) is 0 Å². The van der Waals surface area contributed by atoms with Crippen molar-refractivity contribution in [3.8, 4) is 0 Å². The number of amides is 1. The van der Waals surface area contributed by atoms with E-state index in [0.717, 1.165) is 22.5 Å². The summed E-state index contributed by atoms with van der Waals surface area (Å²) in [6, 6.07) is 21.0. The highest BCUT2D eigenvalue weighted by atomic mass is 19.1. The third-order valence-corrected chi connectivity index (χ3v) is 6.57. The Labute approximate surface area is 193 Å². The maximum atomic E-state index is 14.2. The molecule has 4 aromatic rings. The summed E-state index contributed by atoms with van der Waals surface area (Å²) in [6.45, 7) is 4.50. The number of carbonyl (C=O) groups excluding carboxylic acids is 1. The smallest absolute Gasteiger partial charge is 0.223 e. The van der Waals surface area contributed by atoms with Crippen molar-refractivity contribution in [2.45, 2.75) is 19.3 Å². The van der Waals surface area contributed by atoms with Gasteiger partial charge in [0, 0.05) is 50.9 Å². The molecule has 1 saturated heterocycles. The molecule has 1 amide bonds. The lowest BCUT2D eigenvalue weighted by Gasteiger charge is -2.37. The molecule has 2 aromatic carbocycles. The van der Waals surface area contributed by atoms with Crippen LogP contribution in [-0.4, -0.2) is 46.4 Å². The van der Waals surface area contributed by atoms with Gasteiger partial charge in [0.15, 0.2) is 0 Å². The number of pyridine rings is 1. The lowest BCUT2D eigenvalue weighted by molar-refractivity contribution is -0.131. The highest BCUT2D eigenvalue weighted by Gasteiger charge is 2.28. The van der Waals surface area contributed by atoms with E-state index >= 15 is 0 Å². The fraction of sp³-hybridized carbons (Fsp3) is 0.259. The Bertz CT molecular complexity index is 1280. The summed E-state index contributed by atoms with van der Waals surface area (Å²) in [5.74, 6) is -0.201. The molecule has 0 bridgehead atoms. The fourth-order valence-electron chi connectivity index (χ4n) is 4.77. The Morgan fingerprint density at radius 2 is 1.70 bits per heavy atom. The first-order valence-electron chi connectivity index (χ1n) is 11.4. The molecule has 168 valence electrons. The molecule has 0 spiro atoms. The predicted molar refractivity (Wildman–Crippen MR) is 128 cm³/mol. The monoisotopic (exact) mass is 442 g/mol. The normalized spacial score (nSPS) is 15.1. The molecule has 1 atom stereocenters. The predicted octanol–water partition coefficient (Wildman–Crippen LogP) is 4.65. The molecule has 6 heteroatoms. The summed E-state index contributed by atoms with van der Waals surface area (Å²) >= 11 is 0. The molecule has 1 fully saturated rings. The Hall–Kier alpha value is -3.67. The molecule has 1 aliphatic rings. The second-order valence-corrected chi connectivity index (χ2v) is 8.54. The molecule has 1 unspecified atom stereocenters. The number of hydrogen-bond donors (Lipinski definition) is 0. The SMILES string of the molecule is Cc1ccccc1C(CC(=O)N1CCN(c2ccccc2F)CC1)c1cnc2ccccn12. The van der Waals surface area contributed by atoms with Gasteiger partial charge in [-0.25, -0.2) is 9.37 Å². The molecule has 0 aliphatic carbocycles. The van der Waals surface area contributed by atoms with Crippen molar-refractivity contribution in [1.29, 1.82) is 0 Å². The summed E-state index contributed by atoms with van der Waals surface area (Å²) in [5, 5.41) is 0. The van der Waals surface area contributed by atoms with Gasteiger partial charge in [-0.2, -0.15) is 0 Å². The molecule has 5 rings (SSSR count). The Kier molecular flexibility index (Phi) is 5.82. The van der Waals surface area contributed by atoms with Crippen LogP contribution in [0.3, 0.4) is 0 Å². The number of halogens is 1. The Morgan fingerprint density at radius 1 is 0.970 bits per heavy atom. The minimum Gasteiger partial charge on any atom is -0.366 e.